The van der Waals surface area contributed by atoms with Gasteiger partial charge in [0, 0.05) is 5.56 Å². The summed E-state index contributed by atoms with van der Waals surface area (Å²) in [5.74, 6) is -3.62. The van der Waals surface area contributed by atoms with Crippen LogP contribution in [-0.2, 0) is 14.9 Å². The van der Waals surface area contributed by atoms with Crippen molar-refractivity contribution >= 4 is 44.6 Å². The van der Waals surface area contributed by atoms with Crippen molar-refractivity contribution in [2.45, 2.75) is 44.3 Å². The number of esters is 1. The molecule has 1 saturated carbocycles. The van der Waals surface area contributed by atoms with E-state index in [0.29, 0.717) is 16.4 Å². The zero-order valence-corrected chi connectivity index (χ0v) is 18.0. The standard InChI is InChI=1S/C17H19F3INO6S/c18-17(19,20)14(9-29(25,26)27)22-15(23)11-6-7-12(21)13(8-11)28-16(24)10-4-2-1-3-5-10/h6-8,10,14H,1-5,9H2,(H,22,23)(H,25,26,27). The van der Waals surface area contributed by atoms with Gasteiger partial charge in [-0.2, -0.15) is 21.6 Å². The van der Waals surface area contributed by atoms with E-state index >= 15 is 0 Å². The van der Waals surface area contributed by atoms with Crippen molar-refractivity contribution in [2.24, 2.45) is 5.92 Å². The molecule has 29 heavy (non-hydrogen) atoms. The second-order valence-electron chi connectivity index (χ2n) is 6.72. The highest BCUT2D eigenvalue weighted by atomic mass is 127. The van der Waals surface area contributed by atoms with Crippen LogP contribution >= 0.6 is 22.6 Å². The highest BCUT2D eigenvalue weighted by Crippen LogP contribution is 2.28. The molecule has 2 N–H and O–H groups in total. The summed E-state index contributed by atoms with van der Waals surface area (Å²) in [6, 6.07) is 0.941. The maximum absolute atomic E-state index is 13.0. The molecule has 12 heteroatoms. The molecule has 0 saturated heterocycles. The van der Waals surface area contributed by atoms with Crippen molar-refractivity contribution in [3.8, 4) is 5.75 Å². The molecule has 1 aliphatic rings. The smallest absolute Gasteiger partial charge is 0.409 e. The van der Waals surface area contributed by atoms with Crippen LogP contribution in [0.3, 0.4) is 0 Å². The van der Waals surface area contributed by atoms with E-state index in [1.807, 2.05) is 22.6 Å². The Balaban J connectivity index is 2.16. The van der Waals surface area contributed by atoms with Crippen LogP contribution < -0.4 is 10.1 Å². The largest absolute Gasteiger partial charge is 0.425 e. The number of carbonyl (C=O) groups is 2. The molecule has 0 aliphatic heterocycles. The second kappa shape index (κ2) is 9.60. The summed E-state index contributed by atoms with van der Waals surface area (Å²) in [5, 5.41) is 1.55. The molecule has 1 aromatic rings. The van der Waals surface area contributed by atoms with Gasteiger partial charge >= 0.3 is 12.1 Å². The van der Waals surface area contributed by atoms with Crippen LogP contribution in [0.25, 0.3) is 0 Å². The van der Waals surface area contributed by atoms with Crippen LogP contribution in [-0.4, -0.2) is 42.8 Å². The van der Waals surface area contributed by atoms with Crippen LogP contribution in [0.2, 0.25) is 0 Å². The number of rotatable bonds is 6. The number of benzene rings is 1. The third-order valence-corrected chi connectivity index (χ3v) is 6.07. The van der Waals surface area contributed by atoms with Crippen molar-refractivity contribution in [3.05, 3.63) is 27.3 Å². The number of nitrogens with one attached hydrogen (secondary N) is 1. The minimum absolute atomic E-state index is 0.0344. The SMILES string of the molecule is O=C(NC(CS(=O)(=O)O)C(F)(F)F)c1ccc(I)c(OC(=O)C2CCCCC2)c1. The van der Waals surface area contributed by atoms with Crippen LogP contribution in [0.5, 0.6) is 5.75 Å². The van der Waals surface area contributed by atoms with Crippen LogP contribution in [0.4, 0.5) is 13.2 Å². The van der Waals surface area contributed by atoms with E-state index in [2.05, 4.69) is 0 Å². The van der Waals surface area contributed by atoms with Crippen molar-refractivity contribution in [1.29, 1.82) is 0 Å². The lowest BCUT2D eigenvalue weighted by atomic mass is 9.89. The van der Waals surface area contributed by atoms with Gasteiger partial charge in [0.2, 0.25) is 0 Å². The highest BCUT2D eigenvalue weighted by molar-refractivity contribution is 14.1. The van der Waals surface area contributed by atoms with E-state index in [-0.39, 0.29) is 17.2 Å². The van der Waals surface area contributed by atoms with Crippen LogP contribution in [0.15, 0.2) is 18.2 Å². The average molecular weight is 549 g/mol. The molecule has 162 valence electrons. The molecular weight excluding hydrogens is 530 g/mol. The Hall–Kier alpha value is -1.41. The second-order valence-corrected chi connectivity index (χ2v) is 9.38. The molecule has 7 nitrogen and oxygen atoms in total. The number of ether oxygens (including phenoxy) is 1. The lowest BCUT2D eigenvalue weighted by molar-refractivity contribution is -0.148. The van der Waals surface area contributed by atoms with E-state index in [9.17, 15) is 31.2 Å². The minimum atomic E-state index is -5.09. The van der Waals surface area contributed by atoms with Crippen molar-refractivity contribution in [1.82, 2.24) is 5.32 Å². The third kappa shape index (κ3) is 7.41. The van der Waals surface area contributed by atoms with E-state index < -0.39 is 40.0 Å². The number of carbonyl (C=O) groups excluding carboxylic acids is 2. The average Bonchev–Trinajstić information content (AvgIpc) is 2.61. The number of amides is 1. The van der Waals surface area contributed by atoms with Gasteiger partial charge in [-0.05, 0) is 53.6 Å². The topological polar surface area (TPSA) is 110 Å². The normalized spacial score (nSPS) is 16.9. The zero-order valence-electron chi connectivity index (χ0n) is 15.0. The fourth-order valence-corrected chi connectivity index (χ4v) is 4.06. The molecule has 0 spiro atoms. The Labute approximate surface area is 179 Å². The van der Waals surface area contributed by atoms with Crippen molar-refractivity contribution < 1.29 is 40.5 Å². The summed E-state index contributed by atoms with van der Waals surface area (Å²) in [6.07, 6.45) is -0.847. The van der Waals surface area contributed by atoms with Gasteiger partial charge in [0.15, 0.2) is 0 Å². The summed E-state index contributed by atoms with van der Waals surface area (Å²) in [5.41, 5.74) is -0.249. The summed E-state index contributed by atoms with van der Waals surface area (Å²) < 4.78 is 75.1. The van der Waals surface area contributed by atoms with Gasteiger partial charge in [-0.15, -0.1) is 0 Å². The first kappa shape index (κ1) is 23.9. The maximum Gasteiger partial charge on any atom is 0.409 e. The van der Waals surface area contributed by atoms with Gasteiger partial charge in [-0.1, -0.05) is 19.3 Å². The summed E-state index contributed by atoms with van der Waals surface area (Å²) in [7, 11) is -4.98. The first-order valence-corrected chi connectivity index (χ1v) is 11.4. The summed E-state index contributed by atoms with van der Waals surface area (Å²) >= 11 is 1.86. The van der Waals surface area contributed by atoms with Crippen molar-refractivity contribution in [3.63, 3.8) is 0 Å². The van der Waals surface area contributed by atoms with E-state index in [1.54, 1.807) is 5.32 Å². The number of alkyl halides is 3. The Morgan fingerprint density at radius 1 is 1.24 bits per heavy atom. The molecule has 2 rings (SSSR count). The Morgan fingerprint density at radius 3 is 2.41 bits per heavy atom. The van der Waals surface area contributed by atoms with Gasteiger partial charge in [-0.3, -0.25) is 14.1 Å². The molecule has 0 aromatic heterocycles. The molecule has 0 heterocycles. The fourth-order valence-electron chi connectivity index (χ4n) is 2.92. The Bertz CT molecular complexity index is 868. The number of hydrogen-bond acceptors (Lipinski definition) is 5. The van der Waals surface area contributed by atoms with Gasteiger partial charge in [0.1, 0.15) is 17.5 Å². The highest BCUT2D eigenvalue weighted by Gasteiger charge is 2.43. The molecule has 1 fully saturated rings. The molecule has 0 bridgehead atoms. The molecule has 1 unspecified atom stereocenters. The number of hydrogen-bond donors (Lipinski definition) is 2. The van der Waals surface area contributed by atoms with E-state index in [0.717, 1.165) is 25.3 Å². The zero-order chi connectivity index (χ0) is 21.8. The first-order chi connectivity index (χ1) is 13.4. The van der Waals surface area contributed by atoms with Gasteiger partial charge in [-0.25, -0.2) is 0 Å². The Morgan fingerprint density at radius 2 is 1.86 bits per heavy atom. The predicted molar refractivity (Wildman–Crippen MR) is 105 cm³/mol. The van der Waals surface area contributed by atoms with Crippen LogP contribution in [0, 0.1) is 9.49 Å². The van der Waals surface area contributed by atoms with Gasteiger partial charge < -0.3 is 10.1 Å². The maximum atomic E-state index is 13.0. The molecule has 1 atom stereocenters. The number of halogens is 4. The molecule has 1 aromatic carbocycles. The minimum Gasteiger partial charge on any atom is -0.425 e. The lowest BCUT2D eigenvalue weighted by Gasteiger charge is -2.21. The molecule has 1 aliphatic carbocycles. The van der Waals surface area contributed by atoms with Crippen molar-refractivity contribution in [2.75, 3.05) is 5.75 Å². The molecule has 0 radical (unpaired) electrons. The summed E-state index contributed by atoms with van der Waals surface area (Å²) in [6.45, 7) is 0. The molecular formula is C17H19F3INO6S. The van der Waals surface area contributed by atoms with Gasteiger partial charge in [0.05, 0.1) is 9.49 Å². The first-order valence-electron chi connectivity index (χ1n) is 8.71. The molecule has 1 amide bonds. The fraction of sp³-hybridized carbons (Fsp3) is 0.529. The summed E-state index contributed by atoms with van der Waals surface area (Å²) in [4.78, 5) is 24.5. The quantitative estimate of drug-likeness (QED) is 0.244. The van der Waals surface area contributed by atoms with Crippen LogP contribution in [0.1, 0.15) is 42.5 Å². The van der Waals surface area contributed by atoms with E-state index in [1.165, 1.54) is 12.1 Å². The van der Waals surface area contributed by atoms with Gasteiger partial charge in [0.25, 0.3) is 16.0 Å². The predicted octanol–water partition coefficient (Wildman–Crippen LogP) is 3.33. The lowest BCUT2D eigenvalue weighted by Crippen LogP contribution is -2.49. The Kier molecular flexibility index (Phi) is 7.90. The monoisotopic (exact) mass is 549 g/mol. The third-order valence-electron chi connectivity index (χ3n) is 4.42. The van der Waals surface area contributed by atoms with E-state index in [4.69, 9.17) is 9.29 Å².